The quantitative estimate of drug-likeness (QED) is 0.713. The minimum atomic E-state index is 0.666. The van der Waals surface area contributed by atoms with E-state index in [0.29, 0.717) is 11.6 Å². The Hall–Kier alpha value is -2.56. The second kappa shape index (κ2) is 4.85. The fourth-order valence-electron chi connectivity index (χ4n) is 2.09. The molecule has 20 heavy (non-hydrogen) atoms. The molecule has 0 fully saturated rings. The van der Waals surface area contributed by atoms with Gasteiger partial charge in [-0.1, -0.05) is 0 Å². The van der Waals surface area contributed by atoms with Crippen LogP contribution in [-0.4, -0.2) is 27.0 Å². The average molecular weight is 266 g/mol. The molecule has 5 heteroatoms. The van der Waals surface area contributed by atoms with Crippen LogP contribution in [0.3, 0.4) is 0 Å². The normalized spacial score (nSPS) is 10.8. The number of hydrogen-bond donors (Lipinski definition) is 0. The monoisotopic (exact) mass is 266 g/mol. The molecule has 0 amide bonds. The number of fused-ring (bicyclic) bond motifs is 1. The lowest BCUT2D eigenvalue weighted by molar-refractivity contribution is 0.419. The molecule has 1 aromatic carbocycles. The Kier molecular flexibility index (Phi) is 3.02. The molecule has 0 bridgehead atoms. The van der Waals surface area contributed by atoms with Gasteiger partial charge >= 0.3 is 0 Å². The molecule has 0 atom stereocenters. The van der Waals surface area contributed by atoms with Gasteiger partial charge in [-0.3, -0.25) is 0 Å². The van der Waals surface area contributed by atoms with E-state index in [0.717, 1.165) is 27.7 Å². The molecule has 0 aliphatic heterocycles. The van der Waals surface area contributed by atoms with Crippen LogP contribution >= 0.6 is 0 Å². The van der Waals surface area contributed by atoms with E-state index in [-0.39, 0.29) is 0 Å². The Morgan fingerprint density at radius 1 is 0.950 bits per heavy atom. The Balaban J connectivity index is 2.27. The molecule has 3 aromatic rings. The summed E-state index contributed by atoms with van der Waals surface area (Å²) < 4.78 is 5.42. The minimum Gasteiger partial charge on any atom is -0.494 e. The first-order valence-corrected chi connectivity index (χ1v) is 6.27. The molecule has 0 saturated heterocycles. The molecule has 2 heterocycles. The third-order valence-electron chi connectivity index (χ3n) is 3.16. The number of methoxy groups -OCH3 is 1. The van der Waals surface area contributed by atoms with Gasteiger partial charge in [0.15, 0.2) is 5.82 Å². The molecule has 0 radical (unpaired) electrons. The van der Waals surface area contributed by atoms with Gasteiger partial charge in [-0.25, -0.2) is 19.9 Å². The van der Waals surface area contributed by atoms with Crippen molar-refractivity contribution in [3.05, 3.63) is 42.1 Å². The number of nitrogens with zero attached hydrogens (tertiary/aromatic N) is 4. The van der Waals surface area contributed by atoms with E-state index in [9.17, 15) is 0 Å². The van der Waals surface area contributed by atoms with Crippen LogP contribution in [0.5, 0.6) is 5.75 Å². The van der Waals surface area contributed by atoms with Crippen LogP contribution in [0.1, 0.15) is 11.3 Å². The van der Waals surface area contributed by atoms with E-state index in [2.05, 4.69) is 19.9 Å². The molecular weight excluding hydrogens is 252 g/mol. The average Bonchev–Trinajstić information content (AvgIpc) is 2.47. The van der Waals surface area contributed by atoms with Crippen molar-refractivity contribution in [1.29, 1.82) is 0 Å². The highest BCUT2D eigenvalue weighted by Gasteiger charge is 2.11. The van der Waals surface area contributed by atoms with Crippen molar-refractivity contribution in [1.82, 2.24) is 19.9 Å². The summed E-state index contributed by atoms with van der Waals surface area (Å²) in [5, 5.41) is 0.950. The van der Waals surface area contributed by atoms with E-state index in [1.165, 1.54) is 0 Å². The van der Waals surface area contributed by atoms with Crippen LogP contribution in [-0.2, 0) is 0 Å². The van der Waals surface area contributed by atoms with Crippen LogP contribution in [0.2, 0.25) is 0 Å². The lowest BCUT2D eigenvalue weighted by atomic mass is 10.1. The molecule has 3 rings (SSSR count). The van der Waals surface area contributed by atoms with Crippen LogP contribution in [0.25, 0.3) is 22.3 Å². The first-order valence-electron chi connectivity index (χ1n) is 6.27. The van der Waals surface area contributed by atoms with Crippen molar-refractivity contribution < 1.29 is 4.74 Å². The molecule has 0 aliphatic carbocycles. The fourth-order valence-corrected chi connectivity index (χ4v) is 2.09. The summed E-state index contributed by atoms with van der Waals surface area (Å²) in [5.41, 5.74) is 3.63. The van der Waals surface area contributed by atoms with E-state index in [1.54, 1.807) is 25.8 Å². The molecule has 100 valence electrons. The molecule has 0 saturated carbocycles. The number of ether oxygens (including phenoxy) is 1. The third kappa shape index (κ3) is 2.07. The van der Waals surface area contributed by atoms with Crippen molar-refractivity contribution in [3.8, 4) is 17.1 Å². The third-order valence-corrected chi connectivity index (χ3v) is 3.16. The van der Waals surface area contributed by atoms with Gasteiger partial charge in [0.05, 0.1) is 7.11 Å². The molecule has 0 aliphatic rings. The van der Waals surface area contributed by atoms with E-state index in [4.69, 9.17) is 4.74 Å². The van der Waals surface area contributed by atoms with Gasteiger partial charge in [0.25, 0.3) is 0 Å². The maximum absolute atomic E-state index is 5.42. The molecule has 0 unspecified atom stereocenters. The number of rotatable bonds is 2. The van der Waals surface area contributed by atoms with Gasteiger partial charge < -0.3 is 4.74 Å². The number of hydrogen-bond acceptors (Lipinski definition) is 5. The summed E-state index contributed by atoms with van der Waals surface area (Å²) in [5.74, 6) is 1.37. The summed E-state index contributed by atoms with van der Waals surface area (Å²) >= 11 is 0. The van der Waals surface area contributed by atoms with E-state index in [1.807, 2.05) is 26.0 Å². The molecule has 0 spiro atoms. The maximum Gasteiger partial charge on any atom is 0.159 e. The second-order valence-electron chi connectivity index (χ2n) is 4.62. The molecule has 5 nitrogen and oxygen atoms in total. The Bertz CT molecular complexity index is 769. The summed E-state index contributed by atoms with van der Waals surface area (Å²) in [4.78, 5) is 17.2. The van der Waals surface area contributed by atoms with Gasteiger partial charge in [0, 0.05) is 29.0 Å². The zero-order valence-electron chi connectivity index (χ0n) is 11.6. The van der Waals surface area contributed by atoms with Crippen molar-refractivity contribution >= 4 is 10.9 Å². The van der Waals surface area contributed by atoms with Crippen molar-refractivity contribution in [2.75, 3.05) is 7.11 Å². The fraction of sp³-hybridized carbons (Fsp3) is 0.200. The predicted octanol–water partition coefficient (Wildman–Crippen LogP) is 2.71. The highest BCUT2D eigenvalue weighted by atomic mass is 16.5. The predicted molar refractivity (Wildman–Crippen MR) is 76.6 cm³/mol. The highest BCUT2D eigenvalue weighted by molar-refractivity contribution is 5.90. The Morgan fingerprint density at radius 2 is 1.70 bits per heavy atom. The summed E-state index contributed by atoms with van der Waals surface area (Å²) in [6.45, 7) is 3.91. The lowest BCUT2D eigenvalue weighted by Crippen LogP contribution is -1.95. The second-order valence-corrected chi connectivity index (χ2v) is 4.62. The van der Waals surface area contributed by atoms with Crippen LogP contribution in [0.15, 0.2) is 30.9 Å². The summed E-state index contributed by atoms with van der Waals surface area (Å²) in [6, 6.07) is 3.90. The first-order chi connectivity index (χ1) is 9.69. The van der Waals surface area contributed by atoms with Crippen LogP contribution in [0, 0.1) is 13.8 Å². The Morgan fingerprint density at radius 3 is 2.40 bits per heavy atom. The van der Waals surface area contributed by atoms with Gasteiger partial charge in [-0.05, 0) is 31.5 Å². The SMILES string of the molecule is COc1cc(-c2ncc(C)cn2)cc2c(C)ncnc12. The van der Waals surface area contributed by atoms with E-state index < -0.39 is 0 Å². The van der Waals surface area contributed by atoms with Gasteiger partial charge in [-0.2, -0.15) is 0 Å². The topological polar surface area (TPSA) is 60.8 Å². The number of aromatic nitrogens is 4. The maximum atomic E-state index is 5.42. The smallest absolute Gasteiger partial charge is 0.159 e. The molecular formula is C15H14N4O. The lowest BCUT2D eigenvalue weighted by Gasteiger charge is -2.09. The van der Waals surface area contributed by atoms with Crippen LogP contribution < -0.4 is 4.74 Å². The Labute approximate surface area is 116 Å². The van der Waals surface area contributed by atoms with E-state index >= 15 is 0 Å². The highest BCUT2D eigenvalue weighted by Crippen LogP contribution is 2.30. The minimum absolute atomic E-state index is 0.666. The zero-order valence-corrected chi connectivity index (χ0v) is 11.6. The van der Waals surface area contributed by atoms with Gasteiger partial charge in [-0.15, -0.1) is 0 Å². The summed E-state index contributed by atoms with van der Waals surface area (Å²) in [6.07, 6.45) is 5.14. The molecule has 0 N–H and O–H groups in total. The van der Waals surface area contributed by atoms with Gasteiger partial charge in [0.1, 0.15) is 17.6 Å². The van der Waals surface area contributed by atoms with Crippen molar-refractivity contribution in [3.63, 3.8) is 0 Å². The largest absolute Gasteiger partial charge is 0.494 e. The molecule has 2 aromatic heterocycles. The first kappa shape index (κ1) is 12.5. The number of benzene rings is 1. The van der Waals surface area contributed by atoms with Crippen LogP contribution in [0.4, 0.5) is 0 Å². The van der Waals surface area contributed by atoms with Crippen molar-refractivity contribution in [2.24, 2.45) is 0 Å². The van der Waals surface area contributed by atoms with Crippen molar-refractivity contribution in [2.45, 2.75) is 13.8 Å². The zero-order chi connectivity index (χ0) is 14.1. The number of aryl methyl sites for hydroxylation is 2. The standard InChI is InChI=1S/C15H14N4O/c1-9-6-16-15(17-7-9)11-4-12-10(2)18-8-19-14(12)13(5-11)20-3/h4-8H,1-3H3. The van der Waals surface area contributed by atoms with Gasteiger partial charge in [0.2, 0.25) is 0 Å². The summed E-state index contributed by atoms with van der Waals surface area (Å²) in [7, 11) is 1.63.